The summed E-state index contributed by atoms with van der Waals surface area (Å²) < 4.78 is 24.6. The Morgan fingerprint density at radius 3 is 2.16 bits per heavy atom. The minimum absolute atomic E-state index is 0.00754. The summed E-state index contributed by atoms with van der Waals surface area (Å²) in [6.45, 7) is 6.44. The van der Waals surface area contributed by atoms with Crippen molar-refractivity contribution in [1.82, 2.24) is 4.90 Å². The first kappa shape index (κ1) is 25.9. The summed E-state index contributed by atoms with van der Waals surface area (Å²) in [5.41, 5.74) is 1.92. The van der Waals surface area contributed by atoms with Gasteiger partial charge in [-0.15, -0.1) is 0 Å². The van der Waals surface area contributed by atoms with Gasteiger partial charge in [0, 0.05) is 12.1 Å². The molecule has 4 rings (SSSR count). The Hall–Kier alpha value is -4.13. The number of hydrogen-bond acceptors (Lipinski definition) is 5. The van der Waals surface area contributed by atoms with Crippen molar-refractivity contribution in [2.24, 2.45) is 0 Å². The number of likely N-dealkylation sites (tertiary alicyclic amines) is 1. The molecule has 1 heterocycles. The lowest BCUT2D eigenvalue weighted by Gasteiger charge is -2.25. The number of ketones is 1. The monoisotopic (exact) mass is 503 g/mol. The van der Waals surface area contributed by atoms with Gasteiger partial charge in [0.2, 0.25) is 0 Å². The number of halogens is 1. The van der Waals surface area contributed by atoms with E-state index in [1.807, 2.05) is 20.8 Å². The van der Waals surface area contributed by atoms with Gasteiger partial charge < -0.3 is 19.5 Å². The van der Waals surface area contributed by atoms with Crippen LogP contribution in [0.5, 0.6) is 11.5 Å². The first-order valence-electron chi connectivity index (χ1n) is 12.3. The van der Waals surface area contributed by atoms with Gasteiger partial charge in [0.05, 0.1) is 24.3 Å². The van der Waals surface area contributed by atoms with Crippen LogP contribution in [0.4, 0.5) is 4.39 Å². The zero-order valence-corrected chi connectivity index (χ0v) is 21.1. The van der Waals surface area contributed by atoms with Crippen molar-refractivity contribution in [1.29, 1.82) is 0 Å². The molecule has 0 bridgehead atoms. The normalized spacial score (nSPS) is 16.9. The number of carbonyl (C=O) groups is 2. The predicted molar refractivity (Wildman–Crippen MR) is 139 cm³/mol. The first-order chi connectivity index (χ1) is 17.8. The van der Waals surface area contributed by atoms with Crippen LogP contribution in [0.25, 0.3) is 5.76 Å². The molecule has 7 heteroatoms. The number of amides is 1. The highest BCUT2D eigenvalue weighted by atomic mass is 19.1. The number of hydrogen-bond donors (Lipinski definition) is 1. The van der Waals surface area contributed by atoms with Gasteiger partial charge in [-0.1, -0.05) is 24.3 Å². The maximum Gasteiger partial charge on any atom is 0.295 e. The Balaban J connectivity index is 1.73. The second kappa shape index (κ2) is 11.3. The Morgan fingerprint density at radius 2 is 1.57 bits per heavy atom. The van der Waals surface area contributed by atoms with E-state index < -0.39 is 17.7 Å². The van der Waals surface area contributed by atoms with Gasteiger partial charge in [-0.25, -0.2) is 4.39 Å². The Labute approximate surface area is 215 Å². The lowest BCUT2D eigenvalue weighted by molar-refractivity contribution is -0.139. The number of ether oxygens (including phenoxy) is 2. The van der Waals surface area contributed by atoms with Crippen molar-refractivity contribution in [3.05, 3.63) is 101 Å². The SMILES string of the molecule is CCOc1ccc(/C(O)=C2/C(=O)C(=O)N(CCc3ccc(F)cc3)C2c2ccc(OC(C)C)cc2)cc1. The highest BCUT2D eigenvalue weighted by Crippen LogP contribution is 2.40. The fourth-order valence-corrected chi connectivity index (χ4v) is 4.39. The highest BCUT2D eigenvalue weighted by molar-refractivity contribution is 6.46. The molecule has 1 fully saturated rings. The van der Waals surface area contributed by atoms with Crippen molar-refractivity contribution in [2.45, 2.75) is 39.3 Å². The summed E-state index contributed by atoms with van der Waals surface area (Å²) in [6, 6.07) is 19.1. The molecule has 1 N–H and O–H groups in total. The van der Waals surface area contributed by atoms with Crippen LogP contribution < -0.4 is 9.47 Å². The van der Waals surface area contributed by atoms with Crippen LogP contribution in [0.3, 0.4) is 0 Å². The summed E-state index contributed by atoms with van der Waals surface area (Å²) in [6.07, 6.45) is 0.411. The zero-order chi connectivity index (χ0) is 26.5. The van der Waals surface area contributed by atoms with Crippen molar-refractivity contribution >= 4 is 17.4 Å². The lowest BCUT2D eigenvalue weighted by atomic mass is 9.95. The molecule has 1 amide bonds. The quantitative estimate of drug-likeness (QED) is 0.231. The fraction of sp³-hybridized carbons (Fsp3) is 0.267. The number of benzene rings is 3. The van der Waals surface area contributed by atoms with Gasteiger partial charge in [-0.3, -0.25) is 9.59 Å². The predicted octanol–water partition coefficient (Wildman–Crippen LogP) is 5.68. The van der Waals surface area contributed by atoms with E-state index in [0.717, 1.165) is 5.56 Å². The molecule has 3 aromatic carbocycles. The van der Waals surface area contributed by atoms with Crippen LogP contribution in [-0.4, -0.2) is 41.0 Å². The van der Waals surface area contributed by atoms with E-state index in [1.54, 1.807) is 60.7 Å². The molecule has 0 radical (unpaired) electrons. The van der Waals surface area contributed by atoms with Crippen LogP contribution in [0, 0.1) is 5.82 Å². The molecule has 1 aliphatic rings. The molecule has 0 spiro atoms. The van der Waals surface area contributed by atoms with E-state index in [4.69, 9.17) is 9.47 Å². The van der Waals surface area contributed by atoms with Crippen LogP contribution in [0.2, 0.25) is 0 Å². The third-order valence-electron chi connectivity index (χ3n) is 6.10. The average molecular weight is 504 g/mol. The van der Waals surface area contributed by atoms with E-state index >= 15 is 0 Å². The number of nitrogens with zero attached hydrogens (tertiary/aromatic N) is 1. The van der Waals surface area contributed by atoms with E-state index in [2.05, 4.69) is 0 Å². The van der Waals surface area contributed by atoms with Crippen LogP contribution in [-0.2, 0) is 16.0 Å². The second-order valence-electron chi connectivity index (χ2n) is 9.06. The molecule has 1 aliphatic heterocycles. The van der Waals surface area contributed by atoms with Gasteiger partial charge in [0.15, 0.2) is 0 Å². The Kier molecular flexibility index (Phi) is 7.92. The van der Waals surface area contributed by atoms with E-state index in [1.165, 1.54) is 17.0 Å². The molecule has 37 heavy (non-hydrogen) atoms. The van der Waals surface area contributed by atoms with Crippen molar-refractivity contribution in [2.75, 3.05) is 13.2 Å². The topological polar surface area (TPSA) is 76.1 Å². The van der Waals surface area contributed by atoms with Gasteiger partial charge in [0.25, 0.3) is 11.7 Å². The minimum Gasteiger partial charge on any atom is -0.507 e. The van der Waals surface area contributed by atoms with Gasteiger partial charge in [-0.2, -0.15) is 0 Å². The Morgan fingerprint density at radius 1 is 0.946 bits per heavy atom. The molecule has 6 nitrogen and oxygen atoms in total. The molecule has 0 aliphatic carbocycles. The summed E-state index contributed by atoms with van der Waals surface area (Å²) >= 11 is 0. The van der Waals surface area contributed by atoms with Crippen LogP contribution in [0.15, 0.2) is 78.4 Å². The maximum absolute atomic E-state index is 13.3. The molecule has 0 saturated carbocycles. The molecule has 192 valence electrons. The highest BCUT2D eigenvalue weighted by Gasteiger charge is 2.45. The first-order valence-corrected chi connectivity index (χ1v) is 12.3. The summed E-state index contributed by atoms with van der Waals surface area (Å²) in [5.74, 6) is -0.744. The van der Waals surface area contributed by atoms with Gasteiger partial charge in [0.1, 0.15) is 23.1 Å². The van der Waals surface area contributed by atoms with E-state index in [-0.39, 0.29) is 29.8 Å². The number of aliphatic hydroxyl groups excluding tert-OH is 1. The van der Waals surface area contributed by atoms with Gasteiger partial charge in [-0.05, 0) is 86.8 Å². The summed E-state index contributed by atoms with van der Waals surface area (Å²) in [5, 5.41) is 11.2. The molecular weight excluding hydrogens is 473 g/mol. The van der Waals surface area contributed by atoms with Crippen LogP contribution in [0.1, 0.15) is 43.5 Å². The number of rotatable bonds is 9. The standard InChI is InChI=1S/C30H30FNO5/c1-4-36-24-13-9-22(10-14-24)28(33)26-27(21-7-15-25(16-8-21)37-19(2)3)32(30(35)29(26)34)18-17-20-5-11-23(31)12-6-20/h5-16,19,27,33H,4,17-18H2,1-3H3/b28-26-. The molecule has 1 unspecified atom stereocenters. The van der Waals surface area contributed by atoms with Crippen molar-refractivity contribution < 1.29 is 28.6 Å². The van der Waals surface area contributed by atoms with Crippen LogP contribution >= 0.6 is 0 Å². The summed E-state index contributed by atoms with van der Waals surface area (Å²) in [7, 11) is 0. The van der Waals surface area contributed by atoms with Crippen molar-refractivity contribution in [3.63, 3.8) is 0 Å². The average Bonchev–Trinajstić information content (AvgIpc) is 3.13. The largest absolute Gasteiger partial charge is 0.507 e. The fourth-order valence-electron chi connectivity index (χ4n) is 4.39. The number of aliphatic hydroxyl groups is 1. The second-order valence-corrected chi connectivity index (χ2v) is 9.06. The van der Waals surface area contributed by atoms with Gasteiger partial charge >= 0.3 is 0 Å². The van der Waals surface area contributed by atoms with E-state index in [9.17, 15) is 19.1 Å². The number of carbonyl (C=O) groups excluding carboxylic acids is 2. The minimum atomic E-state index is -0.792. The third kappa shape index (κ3) is 5.82. The molecular formula is C30H30FNO5. The molecule has 3 aromatic rings. The lowest BCUT2D eigenvalue weighted by Crippen LogP contribution is -2.31. The number of Topliss-reactive ketones (excluding diaryl/α,β-unsaturated/α-hetero) is 1. The Bertz CT molecular complexity index is 1280. The molecule has 1 saturated heterocycles. The third-order valence-corrected chi connectivity index (χ3v) is 6.10. The summed E-state index contributed by atoms with van der Waals surface area (Å²) in [4.78, 5) is 27.9. The zero-order valence-electron chi connectivity index (χ0n) is 21.1. The van der Waals surface area contributed by atoms with Crippen molar-refractivity contribution in [3.8, 4) is 11.5 Å². The smallest absolute Gasteiger partial charge is 0.295 e. The van der Waals surface area contributed by atoms with E-state index in [0.29, 0.717) is 35.7 Å². The maximum atomic E-state index is 13.3. The molecule has 1 atom stereocenters. The molecule has 0 aromatic heterocycles.